The van der Waals surface area contributed by atoms with E-state index in [4.69, 9.17) is 0 Å². The molecule has 2 aromatic rings. The highest BCUT2D eigenvalue weighted by Gasteiger charge is 2.55. The average Bonchev–Trinajstić information content (AvgIpc) is 3.65. The summed E-state index contributed by atoms with van der Waals surface area (Å²) in [6.07, 6.45) is 14.0. The molecule has 44 heavy (non-hydrogen) atoms. The van der Waals surface area contributed by atoms with Crippen molar-refractivity contribution < 1.29 is 9.59 Å². The molecule has 230 valence electrons. The first-order valence-corrected chi connectivity index (χ1v) is 17.6. The van der Waals surface area contributed by atoms with Crippen molar-refractivity contribution in [1.29, 1.82) is 0 Å². The zero-order valence-corrected chi connectivity index (χ0v) is 26.5. The molecule has 7 aliphatic rings. The van der Waals surface area contributed by atoms with Crippen molar-refractivity contribution in [3.05, 3.63) is 69.7 Å². The van der Waals surface area contributed by atoms with E-state index in [9.17, 15) is 9.59 Å². The van der Waals surface area contributed by atoms with Crippen LogP contribution in [0.15, 0.2) is 58.5 Å². The maximum atomic E-state index is 14.1. The first-order chi connectivity index (χ1) is 21.5. The molecule has 1 N–H and O–H groups in total. The maximum Gasteiger partial charge on any atom is 0.235 e. The van der Waals surface area contributed by atoms with Gasteiger partial charge in [-0.2, -0.15) is 0 Å². The number of hydrogen-bond acceptors (Lipinski definition) is 5. The summed E-state index contributed by atoms with van der Waals surface area (Å²) in [5.41, 5.74) is 9.94. The summed E-state index contributed by atoms with van der Waals surface area (Å²) in [6.45, 7) is 9.93. The number of hydrogen-bond donors (Lipinski definition) is 1. The number of carbonyl (C=O) groups is 2. The Hall–Kier alpha value is -3.12. The molecule has 6 heteroatoms. The number of rotatable bonds is 3. The van der Waals surface area contributed by atoms with E-state index in [2.05, 4.69) is 57.8 Å². The molecular formula is C38H46N4O2. The second-order valence-electron chi connectivity index (χ2n) is 14.9. The fraction of sp³-hybridized carbons (Fsp3) is 0.579. The monoisotopic (exact) mass is 590 g/mol. The first kappa shape index (κ1) is 27.2. The molecule has 6 aliphatic heterocycles. The van der Waals surface area contributed by atoms with Gasteiger partial charge in [-0.15, -0.1) is 0 Å². The highest BCUT2D eigenvalue weighted by molar-refractivity contribution is 6.49. The van der Waals surface area contributed by atoms with Gasteiger partial charge in [0.1, 0.15) is 0 Å². The van der Waals surface area contributed by atoms with Gasteiger partial charge in [0, 0.05) is 59.5 Å². The first-order valence-electron chi connectivity index (χ1n) is 17.6. The molecule has 4 unspecified atom stereocenters. The largest absolute Gasteiger partial charge is 0.384 e. The minimum Gasteiger partial charge on any atom is -0.384 e. The molecule has 0 saturated carbocycles. The summed E-state index contributed by atoms with van der Waals surface area (Å²) in [7, 11) is 0. The van der Waals surface area contributed by atoms with Crippen LogP contribution in [0.4, 0.5) is 0 Å². The van der Waals surface area contributed by atoms with Crippen LogP contribution in [0.3, 0.4) is 0 Å². The Morgan fingerprint density at radius 3 is 2.64 bits per heavy atom. The topological polar surface area (TPSA) is 57.6 Å². The van der Waals surface area contributed by atoms with Crippen LogP contribution in [0.1, 0.15) is 101 Å². The van der Waals surface area contributed by atoms with Crippen LogP contribution >= 0.6 is 0 Å². The molecule has 0 radical (unpaired) electrons. The van der Waals surface area contributed by atoms with Crippen LogP contribution in [-0.4, -0.2) is 58.7 Å². The zero-order chi connectivity index (χ0) is 29.8. The van der Waals surface area contributed by atoms with Gasteiger partial charge in [-0.3, -0.25) is 14.5 Å². The van der Waals surface area contributed by atoms with Gasteiger partial charge < -0.3 is 14.8 Å². The SMILES string of the molecule is CCC12CCCNC3=C(C(=O)C(=O)C=C3C3CC4(CC)CCCN5CCc6c(n3c3ccccc63)C54)C3=C1N(CCC2)CC3. The Kier molecular flexibility index (Phi) is 5.99. The molecule has 6 nitrogen and oxygen atoms in total. The molecule has 2 saturated heterocycles. The van der Waals surface area contributed by atoms with Crippen LogP contribution in [0, 0.1) is 10.8 Å². The number of aromatic nitrogens is 1. The third kappa shape index (κ3) is 3.47. The fourth-order valence-corrected chi connectivity index (χ4v) is 11.3. The Bertz CT molecular complexity index is 1710. The standard InChI is InChI=1S/C38H46N4O2/c1-3-37-14-7-17-39-32-27(22-30(43)34(44)31(32)26-13-21-40(35(26)37)18-8-15-37)29-23-38(4-2)16-9-19-41-20-12-25-24-10-5-6-11-28(24)42(29)33(25)36(38)41/h5-6,10-11,22,29,36,39H,3-4,7-9,12-21,23H2,1-2H3. The summed E-state index contributed by atoms with van der Waals surface area (Å²) in [5.74, 6) is -0.618. The van der Waals surface area contributed by atoms with Crippen molar-refractivity contribution in [2.24, 2.45) is 10.8 Å². The van der Waals surface area contributed by atoms with Crippen LogP contribution in [0.2, 0.25) is 0 Å². The van der Waals surface area contributed by atoms with Crippen molar-refractivity contribution in [2.45, 2.75) is 96.6 Å². The van der Waals surface area contributed by atoms with Gasteiger partial charge in [0.25, 0.3) is 0 Å². The van der Waals surface area contributed by atoms with Gasteiger partial charge in [-0.1, -0.05) is 32.0 Å². The number of benzene rings is 1. The minimum atomic E-state index is -0.326. The highest BCUT2D eigenvalue weighted by Crippen LogP contribution is 2.62. The second kappa shape index (κ2) is 9.69. The molecular weight excluding hydrogens is 544 g/mol. The summed E-state index contributed by atoms with van der Waals surface area (Å²) in [4.78, 5) is 33.4. The third-order valence-corrected chi connectivity index (χ3v) is 13.2. The predicted molar refractivity (Wildman–Crippen MR) is 173 cm³/mol. The number of para-hydroxylation sites is 1. The Labute approximate surface area is 261 Å². The highest BCUT2D eigenvalue weighted by atomic mass is 16.2. The van der Waals surface area contributed by atoms with E-state index in [1.807, 2.05) is 0 Å². The van der Waals surface area contributed by atoms with Crippen LogP contribution in [0.5, 0.6) is 0 Å². The van der Waals surface area contributed by atoms with Gasteiger partial charge >= 0.3 is 0 Å². The molecule has 7 heterocycles. The van der Waals surface area contributed by atoms with Gasteiger partial charge in [-0.05, 0) is 106 Å². The van der Waals surface area contributed by atoms with Gasteiger partial charge in [-0.25, -0.2) is 0 Å². The number of allylic oxidation sites excluding steroid dienone is 4. The zero-order valence-electron chi connectivity index (χ0n) is 26.5. The summed E-state index contributed by atoms with van der Waals surface area (Å²) >= 11 is 0. The molecule has 1 aromatic carbocycles. The van der Waals surface area contributed by atoms with Gasteiger partial charge in [0.2, 0.25) is 11.6 Å². The summed E-state index contributed by atoms with van der Waals surface area (Å²) in [6, 6.07) is 9.43. The maximum absolute atomic E-state index is 14.1. The van der Waals surface area contributed by atoms with Crippen molar-refractivity contribution in [3.63, 3.8) is 0 Å². The van der Waals surface area contributed by atoms with E-state index >= 15 is 0 Å². The molecule has 2 fully saturated rings. The van der Waals surface area contributed by atoms with Gasteiger partial charge in [0.05, 0.1) is 23.4 Å². The molecule has 9 rings (SSSR count). The number of carbonyl (C=O) groups excluding carboxylic acids is 2. The predicted octanol–water partition coefficient (Wildman–Crippen LogP) is 6.54. The molecule has 0 spiro atoms. The lowest BCUT2D eigenvalue weighted by molar-refractivity contribution is -0.131. The van der Waals surface area contributed by atoms with E-state index in [0.717, 1.165) is 88.0 Å². The summed E-state index contributed by atoms with van der Waals surface area (Å²) < 4.78 is 2.64. The molecule has 0 bridgehead atoms. The number of piperidine rings is 2. The number of Topliss-reactive ketones (excluding diaryl/α,β-unsaturated/α-hetero) is 1. The third-order valence-electron chi connectivity index (χ3n) is 13.2. The van der Waals surface area contributed by atoms with E-state index in [0.29, 0.717) is 6.04 Å². The lowest BCUT2D eigenvalue weighted by atomic mass is 9.62. The molecule has 4 atom stereocenters. The van der Waals surface area contributed by atoms with Crippen LogP contribution in [-0.2, 0) is 16.0 Å². The lowest BCUT2D eigenvalue weighted by Crippen LogP contribution is -2.53. The van der Waals surface area contributed by atoms with Crippen LogP contribution < -0.4 is 5.32 Å². The Morgan fingerprint density at radius 2 is 1.77 bits per heavy atom. The van der Waals surface area contributed by atoms with Gasteiger partial charge in [0.15, 0.2) is 0 Å². The van der Waals surface area contributed by atoms with Crippen molar-refractivity contribution in [3.8, 4) is 0 Å². The lowest BCUT2D eigenvalue weighted by Gasteiger charge is -2.57. The Balaban J connectivity index is 1.30. The minimum absolute atomic E-state index is 0.0265. The van der Waals surface area contributed by atoms with E-state index in [1.54, 1.807) is 6.08 Å². The van der Waals surface area contributed by atoms with E-state index in [-0.39, 0.29) is 28.4 Å². The smallest absolute Gasteiger partial charge is 0.235 e. The summed E-state index contributed by atoms with van der Waals surface area (Å²) in [5, 5.41) is 5.25. The number of ketones is 2. The average molecular weight is 591 g/mol. The number of fused-ring (bicyclic) bond motifs is 4. The fourth-order valence-electron chi connectivity index (χ4n) is 11.3. The van der Waals surface area contributed by atoms with Crippen molar-refractivity contribution in [2.75, 3.05) is 32.7 Å². The number of nitrogens with one attached hydrogen (secondary N) is 1. The van der Waals surface area contributed by atoms with Crippen LogP contribution in [0.25, 0.3) is 10.9 Å². The molecule has 1 aromatic heterocycles. The quantitative estimate of drug-likeness (QED) is 0.325. The van der Waals surface area contributed by atoms with Crippen molar-refractivity contribution in [1.82, 2.24) is 19.7 Å². The normalized spacial score (nSPS) is 33.3. The number of nitrogens with zero attached hydrogens (tertiary/aromatic N) is 3. The molecule has 0 amide bonds. The molecule has 1 aliphatic carbocycles. The second-order valence-corrected chi connectivity index (χ2v) is 14.9. The van der Waals surface area contributed by atoms with E-state index in [1.165, 1.54) is 65.7 Å². The Morgan fingerprint density at radius 1 is 0.932 bits per heavy atom. The van der Waals surface area contributed by atoms with E-state index < -0.39 is 0 Å². The van der Waals surface area contributed by atoms with Crippen molar-refractivity contribution >= 4 is 22.5 Å².